The van der Waals surface area contributed by atoms with Gasteiger partial charge in [-0.2, -0.15) is 5.10 Å². The molecule has 0 amide bonds. The SMILES string of the molecule is CCCNCc1cnn(-c2cc(C)cc(C)c2)c1CCC. The Morgan fingerprint density at radius 3 is 2.38 bits per heavy atom. The van der Waals surface area contributed by atoms with Gasteiger partial charge in [0.2, 0.25) is 0 Å². The fourth-order valence-electron chi connectivity index (χ4n) is 2.75. The van der Waals surface area contributed by atoms with Crippen LogP contribution in [-0.2, 0) is 13.0 Å². The van der Waals surface area contributed by atoms with Gasteiger partial charge in [0.25, 0.3) is 0 Å². The van der Waals surface area contributed by atoms with E-state index in [0.717, 1.165) is 32.4 Å². The molecule has 0 saturated carbocycles. The van der Waals surface area contributed by atoms with Gasteiger partial charge in [-0.3, -0.25) is 0 Å². The molecule has 2 aromatic rings. The molecule has 0 aliphatic carbocycles. The van der Waals surface area contributed by atoms with E-state index in [1.165, 1.54) is 28.1 Å². The molecule has 114 valence electrons. The lowest BCUT2D eigenvalue weighted by Crippen LogP contribution is -2.15. The highest BCUT2D eigenvalue weighted by Gasteiger charge is 2.11. The summed E-state index contributed by atoms with van der Waals surface area (Å²) in [6.45, 7) is 10.7. The zero-order valence-electron chi connectivity index (χ0n) is 13.7. The molecule has 3 nitrogen and oxygen atoms in total. The largest absolute Gasteiger partial charge is 0.313 e. The summed E-state index contributed by atoms with van der Waals surface area (Å²) in [4.78, 5) is 0. The predicted octanol–water partition coefficient (Wildman–Crippen LogP) is 3.94. The highest BCUT2D eigenvalue weighted by atomic mass is 15.3. The van der Waals surface area contributed by atoms with E-state index >= 15 is 0 Å². The van der Waals surface area contributed by atoms with Crippen molar-refractivity contribution in [3.8, 4) is 5.69 Å². The topological polar surface area (TPSA) is 29.9 Å². The molecule has 0 unspecified atom stereocenters. The Labute approximate surface area is 128 Å². The monoisotopic (exact) mass is 285 g/mol. The van der Waals surface area contributed by atoms with Crippen LogP contribution in [-0.4, -0.2) is 16.3 Å². The molecule has 0 fully saturated rings. The van der Waals surface area contributed by atoms with Gasteiger partial charge >= 0.3 is 0 Å². The number of hydrogen-bond acceptors (Lipinski definition) is 2. The summed E-state index contributed by atoms with van der Waals surface area (Å²) in [7, 11) is 0. The van der Waals surface area contributed by atoms with Crippen LogP contribution in [0.5, 0.6) is 0 Å². The van der Waals surface area contributed by atoms with Crippen molar-refractivity contribution in [2.75, 3.05) is 6.54 Å². The van der Waals surface area contributed by atoms with Gasteiger partial charge in [0.1, 0.15) is 0 Å². The lowest BCUT2D eigenvalue weighted by molar-refractivity contribution is 0.666. The van der Waals surface area contributed by atoms with Crippen LogP contribution >= 0.6 is 0 Å². The number of aryl methyl sites for hydroxylation is 2. The molecule has 0 saturated heterocycles. The molecule has 21 heavy (non-hydrogen) atoms. The Balaban J connectivity index is 2.34. The first kappa shape index (κ1) is 15.8. The van der Waals surface area contributed by atoms with Gasteiger partial charge in [0.05, 0.1) is 11.9 Å². The Morgan fingerprint density at radius 2 is 1.76 bits per heavy atom. The second-order valence-electron chi connectivity index (χ2n) is 5.80. The molecule has 0 aliphatic rings. The van der Waals surface area contributed by atoms with E-state index in [2.05, 4.69) is 61.0 Å². The van der Waals surface area contributed by atoms with Crippen molar-refractivity contribution >= 4 is 0 Å². The standard InChI is InChI=1S/C18H27N3/c1-5-7-18-16(12-19-8-6-2)13-20-21(18)17-10-14(3)9-15(4)11-17/h9-11,13,19H,5-8,12H2,1-4H3. The highest BCUT2D eigenvalue weighted by molar-refractivity contribution is 5.41. The van der Waals surface area contributed by atoms with Crippen molar-refractivity contribution in [1.82, 2.24) is 15.1 Å². The van der Waals surface area contributed by atoms with Gasteiger partial charge in [0.15, 0.2) is 0 Å². The summed E-state index contributed by atoms with van der Waals surface area (Å²) in [6.07, 6.45) is 5.38. The Kier molecular flexibility index (Phi) is 5.57. The molecule has 3 heteroatoms. The van der Waals surface area contributed by atoms with E-state index in [4.69, 9.17) is 0 Å². The average molecular weight is 285 g/mol. The van der Waals surface area contributed by atoms with E-state index in [1.807, 2.05) is 6.20 Å². The van der Waals surface area contributed by atoms with Gasteiger partial charge in [-0.15, -0.1) is 0 Å². The first-order valence-electron chi connectivity index (χ1n) is 8.00. The fourth-order valence-corrected chi connectivity index (χ4v) is 2.75. The molecule has 2 rings (SSSR count). The Bertz CT molecular complexity index is 564. The highest BCUT2D eigenvalue weighted by Crippen LogP contribution is 2.19. The van der Waals surface area contributed by atoms with Crippen LogP contribution in [0.25, 0.3) is 5.69 Å². The van der Waals surface area contributed by atoms with Crippen molar-refractivity contribution in [3.05, 3.63) is 46.8 Å². The summed E-state index contributed by atoms with van der Waals surface area (Å²) in [5.41, 5.74) is 6.41. The fraction of sp³-hybridized carbons (Fsp3) is 0.500. The lowest BCUT2D eigenvalue weighted by Gasteiger charge is -2.11. The number of nitrogens with one attached hydrogen (secondary N) is 1. The van der Waals surface area contributed by atoms with Gasteiger partial charge in [0, 0.05) is 17.8 Å². The molecule has 1 aromatic carbocycles. The van der Waals surface area contributed by atoms with Gasteiger partial charge < -0.3 is 5.32 Å². The Morgan fingerprint density at radius 1 is 1.05 bits per heavy atom. The van der Waals surface area contributed by atoms with Crippen molar-refractivity contribution < 1.29 is 0 Å². The number of rotatable bonds is 7. The molecule has 1 N–H and O–H groups in total. The summed E-state index contributed by atoms with van der Waals surface area (Å²) < 4.78 is 2.12. The molecule has 0 atom stereocenters. The number of hydrogen-bond donors (Lipinski definition) is 1. The quantitative estimate of drug-likeness (QED) is 0.781. The van der Waals surface area contributed by atoms with Crippen molar-refractivity contribution in [2.24, 2.45) is 0 Å². The lowest BCUT2D eigenvalue weighted by atomic mass is 10.1. The smallest absolute Gasteiger partial charge is 0.0654 e. The second-order valence-corrected chi connectivity index (χ2v) is 5.80. The van der Waals surface area contributed by atoms with Crippen LogP contribution in [0.2, 0.25) is 0 Å². The molecule has 0 bridgehead atoms. The minimum absolute atomic E-state index is 0.911. The maximum absolute atomic E-state index is 4.64. The van der Waals surface area contributed by atoms with Crippen LogP contribution in [0.1, 0.15) is 49.1 Å². The first-order valence-corrected chi connectivity index (χ1v) is 8.00. The zero-order valence-corrected chi connectivity index (χ0v) is 13.7. The number of benzene rings is 1. The predicted molar refractivity (Wildman–Crippen MR) is 89.0 cm³/mol. The maximum Gasteiger partial charge on any atom is 0.0654 e. The van der Waals surface area contributed by atoms with Crippen LogP contribution < -0.4 is 5.32 Å². The van der Waals surface area contributed by atoms with Gasteiger partial charge in [-0.25, -0.2) is 4.68 Å². The molecule has 1 aromatic heterocycles. The summed E-state index contributed by atoms with van der Waals surface area (Å²) in [6, 6.07) is 6.63. The molecule has 1 heterocycles. The minimum atomic E-state index is 0.911. The van der Waals surface area contributed by atoms with E-state index in [9.17, 15) is 0 Å². The summed E-state index contributed by atoms with van der Waals surface area (Å²) in [5, 5.41) is 8.13. The zero-order chi connectivity index (χ0) is 15.2. The number of nitrogens with zero attached hydrogens (tertiary/aromatic N) is 2. The molecule has 0 spiro atoms. The van der Waals surface area contributed by atoms with E-state index in [0.29, 0.717) is 0 Å². The van der Waals surface area contributed by atoms with Crippen LogP contribution in [0.4, 0.5) is 0 Å². The summed E-state index contributed by atoms with van der Waals surface area (Å²) in [5.74, 6) is 0. The van der Waals surface area contributed by atoms with E-state index in [-0.39, 0.29) is 0 Å². The van der Waals surface area contributed by atoms with Crippen LogP contribution in [0.3, 0.4) is 0 Å². The third kappa shape index (κ3) is 3.94. The minimum Gasteiger partial charge on any atom is -0.313 e. The third-order valence-electron chi connectivity index (χ3n) is 3.64. The van der Waals surface area contributed by atoms with E-state index in [1.54, 1.807) is 0 Å². The first-order chi connectivity index (χ1) is 10.2. The van der Waals surface area contributed by atoms with Crippen molar-refractivity contribution in [3.63, 3.8) is 0 Å². The normalized spacial score (nSPS) is 11.0. The number of aromatic nitrogens is 2. The molecular weight excluding hydrogens is 258 g/mol. The molecular formula is C18H27N3. The summed E-state index contributed by atoms with van der Waals surface area (Å²) >= 11 is 0. The van der Waals surface area contributed by atoms with Crippen LogP contribution in [0.15, 0.2) is 24.4 Å². The second kappa shape index (κ2) is 7.41. The van der Waals surface area contributed by atoms with E-state index < -0.39 is 0 Å². The van der Waals surface area contributed by atoms with Crippen LogP contribution in [0, 0.1) is 13.8 Å². The van der Waals surface area contributed by atoms with Gasteiger partial charge in [-0.05, 0) is 56.5 Å². The molecule has 0 aliphatic heterocycles. The van der Waals surface area contributed by atoms with Crippen molar-refractivity contribution in [1.29, 1.82) is 0 Å². The van der Waals surface area contributed by atoms with Gasteiger partial charge in [-0.1, -0.05) is 26.3 Å². The molecule has 0 radical (unpaired) electrons. The van der Waals surface area contributed by atoms with Crippen molar-refractivity contribution in [2.45, 2.75) is 53.5 Å². The Hall–Kier alpha value is -1.61. The maximum atomic E-state index is 4.64. The third-order valence-corrected chi connectivity index (χ3v) is 3.64. The average Bonchev–Trinajstić information content (AvgIpc) is 2.82.